The minimum atomic E-state index is 0.110. The summed E-state index contributed by atoms with van der Waals surface area (Å²) in [4.78, 5) is 5.97. The van der Waals surface area contributed by atoms with E-state index >= 15 is 0 Å². The van der Waals surface area contributed by atoms with Gasteiger partial charge in [0.05, 0.1) is 10.9 Å². The minimum absolute atomic E-state index is 0.110. The molecule has 1 aliphatic rings. The summed E-state index contributed by atoms with van der Waals surface area (Å²) in [5, 5.41) is 3.29. The van der Waals surface area contributed by atoms with Gasteiger partial charge in [0, 0.05) is 27.2 Å². The Kier molecular flexibility index (Phi) is 4.45. The van der Waals surface area contributed by atoms with E-state index in [0.29, 0.717) is 10.5 Å². The molecule has 1 saturated heterocycles. The third kappa shape index (κ3) is 3.00. The van der Waals surface area contributed by atoms with E-state index in [-0.39, 0.29) is 6.04 Å². The van der Waals surface area contributed by atoms with Gasteiger partial charge in [-0.15, -0.1) is 23.1 Å². The smallest absolute Gasteiger partial charge is 0.107 e. The lowest BCUT2D eigenvalue weighted by atomic mass is 10.2. The van der Waals surface area contributed by atoms with E-state index < -0.39 is 0 Å². The first kappa shape index (κ1) is 13.7. The zero-order valence-corrected chi connectivity index (χ0v) is 13.2. The van der Waals surface area contributed by atoms with E-state index in [2.05, 4.69) is 44.3 Å². The van der Waals surface area contributed by atoms with Crippen LogP contribution in [0.2, 0.25) is 0 Å². The van der Waals surface area contributed by atoms with Crippen LogP contribution in [0.15, 0.2) is 0 Å². The molecule has 2 N–H and O–H groups in total. The van der Waals surface area contributed by atoms with E-state index in [1.165, 1.54) is 15.6 Å². The maximum absolute atomic E-state index is 5.97. The van der Waals surface area contributed by atoms with Crippen molar-refractivity contribution < 1.29 is 0 Å². The zero-order chi connectivity index (χ0) is 12.6. The molecule has 1 aliphatic heterocycles. The second-order valence-corrected chi connectivity index (χ2v) is 8.72. The highest BCUT2D eigenvalue weighted by Crippen LogP contribution is 2.45. The first-order valence-corrected chi connectivity index (χ1v) is 8.79. The maximum atomic E-state index is 5.97. The van der Waals surface area contributed by atoms with Gasteiger partial charge < -0.3 is 5.73 Å². The Morgan fingerprint density at radius 3 is 2.59 bits per heavy atom. The summed E-state index contributed by atoms with van der Waals surface area (Å²) in [6, 6.07) is 0.110. The summed E-state index contributed by atoms with van der Waals surface area (Å²) in [7, 11) is 0. The molecule has 0 spiro atoms. The van der Waals surface area contributed by atoms with Crippen molar-refractivity contribution in [2.45, 2.75) is 49.5 Å². The third-order valence-corrected chi connectivity index (χ3v) is 8.11. The van der Waals surface area contributed by atoms with Crippen LogP contribution in [0.5, 0.6) is 0 Å². The number of nitrogens with zero attached hydrogens (tertiary/aromatic N) is 1. The van der Waals surface area contributed by atoms with E-state index in [0.717, 1.165) is 10.9 Å². The van der Waals surface area contributed by atoms with E-state index in [1.807, 2.05) is 18.3 Å². The van der Waals surface area contributed by atoms with Crippen molar-refractivity contribution in [1.82, 2.24) is 4.98 Å². The Labute approximate surface area is 116 Å². The molecule has 5 heteroatoms. The van der Waals surface area contributed by atoms with Gasteiger partial charge in [-0.05, 0) is 13.8 Å². The molecule has 1 fully saturated rings. The van der Waals surface area contributed by atoms with Crippen LogP contribution >= 0.6 is 34.9 Å². The molecule has 17 heavy (non-hydrogen) atoms. The molecule has 2 heterocycles. The van der Waals surface area contributed by atoms with Gasteiger partial charge in [-0.25, -0.2) is 4.98 Å². The number of hydrogen-bond acceptors (Lipinski definition) is 5. The van der Waals surface area contributed by atoms with Crippen LogP contribution in [-0.4, -0.2) is 21.2 Å². The first-order chi connectivity index (χ1) is 7.99. The van der Waals surface area contributed by atoms with Crippen molar-refractivity contribution in [3.8, 4) is 0 Å². The summed E-state index contributed by atoms with van der Waals surface area (Å²) >= 11 is 5.94. The van der Waals surface area contributed by atoms with Crippen LogP contribution in [-0.2, 0) is 0 Å². The largest absolute Gasteiger partial charge is 0.323 e. The summed E-state index contributed by atoms with van der Waals surface area (Å²) < 4.78 is 0. The molecule has 2 rings (SSSR count). The molecule has 0 aliphatic carbocycles. The summed E-state index contributed by atoms with van der Waals surface area (Å²) in [5.74, 6) is 1.18. The monoisotopic (exact) mass is 288 g/mol. The zero-order valence-electron chi connectivity index (χ0n) is 10.8. The van der Waals surface area contributed by atoms with Crippen molar-refractivity contribution in [3.63, 3.8) is 0 Å². The van der Waals surface area contributed by atoms with E-state index in [9.17, 15) is 0 Å². The topological polar surface area (TPSA) is 38.9 Å². The predicted molar refractivity (Wildman–Crippen MR) is 81.2 cm³/mol. The minimum Gasteiger partial charge on any atom is -0.323 e. The third-order valence-electron chi connectivity index (χ3n) is 3.09. The van der Waals surface area contributed by atoms with Crippen LogP contribution in [0.4, 0.5) is 0 Å². The van der Waals surface area contributed by atoms with Crippen LogP contribution in [0, 0.1) is 6.92 Å². The van der Waals surface area contributed by atoms with Crippen LogP contribution in [0.25, 0.3) is 0 Å². The molecular weight excluding hydrogens is 268 g/mol. The Balaban J connectivity index is 2.15. The molecule has 1 aromatic heterocycles. The molecule has 1 aromatic rings. The number of rotatable bonds is 2. The molecule has 0 aromatic carbocycles. The van der Waals surface area contributed by atoms with Gasteiger partial charge >= 0.3 is 0 Å². The summed E-state index contributed by atoms with van der Waals surface area (Å²) in [5.41, 5.74) is 7.09. The second kappa shape index (κ2) is 5.51. The van der Waals surface area contributed by atoms with Gasteiger partial charge in [-0.1, -0.05) is 13.8 Å². The van der Waals surface area contributed by atoms with E-state index in [4.69, 9.17) is 10.7 Å². The Hall–Kier alpha value is 0.290. The lowest BCUT2D eigenvalue weighted by Crippen LogP contribution is -2.21. The number of thiazole rings is 1. The van der Waals surface area contributed by atoms with Gasteiger partial charge in [-0.3, -0.25) is 0 Å². The fourth-order valence-corrected chi connectivity index (χ4v) is 6.12. The standard InChI is InChI=1S/C12H20N2S3/c1-6(13)11-7(2)14-12(17-11)10-5-15-8(3)9(4)16-10/h6,8-10H,5,13H2,1-4H3. The SMILES string of the molecule is Cc1nc(C2CSC(C)C(C)S2)sc1C(C)N. The van der Waals surface area contributed by atoms with Crippen molar-refractivity contribution in [2.75, 3.05) is 5.75 Å². The highest BCUT2D eigenvalue weighted by atomic mass is 32.2. The summed E-state index contributed by atoms with van der Waals surface area (Å²) in [6.07, 6.45) is 0. The van der Waals surface area contributed by atoms with Gasteiger partial charge in [0.1, 0.15) is 5.01 Å². The lowest BCUT2D eigenvalue weighted by molar-refractivity contribution is 0.824. The van der Waals surface area contributed by atoms with Gasteiger partial charge in [0.25, 0.3) is 0 Å². The summed E-state index contributed by atoms with van der Waals surface area (Å²) in [6.45, 7) is 8.75. The molecule has 4 unspecified atom stereocenters. The number of aryl methyl sites for hydroxylation is 1. The van der Waals surface area contributed by atoms with Gasteiger partial charge in [0.2, 0.25) is 0 Å². The second-order valence-electron chi connectivity index (χ2n) is 4.66. The highest BCUT2D eigenvalue weighted by molar-refractivity contribution is 8.07. The van der Waals surface area contributed by atoms with Crippen molar-refractivity contribution in [3.05, 3.63) is 15.6 Å². The lowest BCUT2D eigenvalue weighted by Gasteiger charge is -2.30. The van der Waals surface area contributed by atoms with Crippen LogP contribution < -0.4 is 5.73 Å². The molecule has 96 valence electrons. The Morgan fingerprint density at radius 1 is 1.35 bits per heavy atom. The average Bonchev–Trinajstić information content (AvgIpc) is 2.64. The van der Waals surface area contributed by atoms with Crippen molar-refractivity contribution in [2.24, 2.45) is 5.73 Å². The first-order valence-electron chi connectivity index (χ1n) is 5.99. The van der Waals surface area contributed by atoms with Crippen molar-refractivity contribution >= 4 is 34.9 Å². The Morgan fingerprint density at radius 2 is 2.06 bits per heavy atom. The molecule has 2 nitrogen and oxygen atoms in total. The number of aromatic nitrogens is 1. The normalized spacial score (nSPS) is 31.5. The molecular formula is C12H20N2S3. The molecule has 0 saturated carbocycles. The maximum Gasteiger partial charge on any atom is 0.107 e. The highest BCUT2D eigenvalue weighted by Gasteiger charge is 2.29. The molecule has 0 amide bonds. The predicted octanol–water partition coefficient (Wildman–Crippen LogP) is 3.77. The molecule has 0 bridgehead atoms. The van der Waals surface area contributed by atoms with Crippen LogP contribution in [0.1, 0.15) is 47.6 Å². The number of thioether (sulfide) groups is 2. The van der Waals surface area contributed by atoms with Crippen LogP contribution in [0.3, 0.4) is 0 Å². The van der Waals surface area contributed by atoms with Gasteiger partial charge in [0.15, 0.2) is 0 Å². The van der Waals surface area contributed by atoms with Crippen molar-refractivity contribution in [1.29, 1.82) is 0 Å². The van der Waals surface area contributed by atoms with Gasteiger partial charge in [-0.2, -0.15) is 11.8 Å². The average molecular weight is 289 g/mol. The Bertz CT molecular complexity index is 389. The quantitative estimate of drug-likeness (QED) is 0.899. The van der Waals surface area contributed by atoms with E-state index in [1.54, 1.807) is 0 Å². The number of nitrogens with two attached hydrogens (primary N) is 1. The number of hydrogen-bond donors (Lipinski definition) is 1. The fourth-order valence-electron chi connectivity index (χ4n) is 1.90. The molecule has 4 atom stereocenters. The molecule has 0 radical (unpaired) electrons. The fraction of sp³-hybridized carbons (Fsp3) is 0.750.